The SMILES string of the molecule is CCOCCN1CCC2(CCNCC2)C1. The van der Waals surface area contributed by atoms with Crippen LogP contribution in [0.3, 0.4) is 0 Å². The van der Waals surface area contributed by atoms with Gasteiger partial charge >= 0.3 is 0 Å². The summed E-state index contributed by atoms with van der Waals surface area (Å²) in [5.41, 5.74) is 0.650. The molecule has 3 nitrogen and oxygen atoms in total. The van der Waals surface area contributed by atoms with Crippen LogP contribution in [0, 0.1) is 5.41 Å². The van der Waals surface area contributed by atoms with Gasteiger partial charge in [0.05, 0.1) is 6.61 Å². The number of hydrogen-bond donors (Lipinski definition) is 1. The fraction of sp³-hybridized carbons (Fsp3) is 1.00. The maximum absolute atomic E-state index is 5.42. The van der Waals surface area contributed by atoms with E-state index in [4.69, 9.17) is 4.74 Å². The van der Waals surface area contributed by atoms with Crippen LogP contribution >= 0.6 is 0 Å². The van der Waals surface area contributed by atoms with Gasteiger partial charge in [0.2, 0.25) is 0 Å². The minimum atomic E-state index is 0.650. The van der Waals surface area contributed by atoms with Crippen LogP contribution in [0.15, 0.2) is 0 Å². The highest BCUT2D eigenvalue weighted by atomic mass is 16.5. The summed E-state index contributed by atoms with van der Waals surface area (Å²) in [7, 11) is 0. The third-order valence-electron chi connectivity index (χ3n) is 3.94. The lowest BCUT2D eigenvalue weighted by Gasteiger charge is -2.33. The summed E-state index contributed by atoms with van der Waals surface area (Å²) in [4.78, 5) is 2.58. The van der Waals surface area contributed by atoms with Crippen LogP contribution in [0.5, 0.6) is 0 Å². The number of hydrogen-bond acceptors (Lipinski definition) is 3. The molecule has 2 heterocycles. The van der Waals surface area contributed by atoms with E-state index in [0.29, 0.717) is 5.41 Å². The van der Waals surface area contributed by atoms with Crippen molar-refractivity contribution in [2.45, 2.75) is 26.2 Å². The number of ether oxygens (including phenoxy) is 1. The molecular formula is C12H24N2O. The Labute approximate surface area is 93.2 Å². The minimum absolute atomic E-state index is 0.650. The predicted molar refractivity (Wildman–Crippen MR) is 62.1 cm³/mol. The average Bonchev–Trinajstić information content (AvgIpc) is 2.63. The Morgan fingerprint density at radius 1 is 1.27 bits per heavy atom. The molecule has 2 aliphatic rings. The molecular weight excluding hydrogens is 188 g/mol. The second-order valence-corrected chi connectivity index (χ2v) is 4.97. The standard InChI is InChI=1S/C12H24N2O/c1-2-15-10-9-14-8-5-12(11-14)3-6-13-7-4-12/h13H,2-11H2,1H3. The monoisotopic (exact) mass is 212 g/mol. The zero-order valence-electron chi connectivity index (χ0n) is 9.93. The maximum Gasteiger partial charge on any atom is 0.0593 e. The second kappa shape index (κ2) is 5.28. The van der Waals surface area contributed by atoms with Gasteiger partial charge in [0.1, 0.15) is 0 Å². The largest absolute Gasteiger partial charge is 0.380 e. The number of likely N-dealkylation sites (tertiary alicyclic amines) is 1. The molecule has 0 amide bonds. The Morgan fingerprint density at radius 2 is 2.07 bits per heavy atom. The smallest absolute Gasteiger partial charge is 0.0593 e. The molecule has 0 aromatic carbocycles. The van der Waals surface area contributed by atoms with Crippen molar-refractivity contribution in [1.82, 2.24) is 10.2 Å². The molecule has 2 aliphatic heterocycles. The third kappa shape index (κ3) is 2.92. The van der Waals surface area contributed by atoms with Crippen molar-refractivity contribution in [3.05, 3.63) is 0 Å². The Bertz CT molecular complexity index is 188. The summed E-state index contributed by atoms with van der Waals surface area (Å²) in [6.45, 7) is 9.99. The Balaban J connectivity index is 1.73. The van der Waals surface area contributed by atoms with E-state index in [9.17, 15) is 0 Å². The molecule has 88 valence electrons. The third-order valence-corrected chi connectivity index (χ3v) is 3.94. The minimum Gasteiger partial charge on any atom is -0.380 e. The molecule has 0 atom stereocenters. The lowest BCUT2D eigenvalue weighted by Crippen LogP contribution is -2.39. The van der Waals surface area contributed by atoms with E-state index in [-0.39, 0.29) is 0 Å². The molecule has 15 heavy (non-hydrogen) atoms. The first-order valence-electron chi connectivity index (χ1n) is 6.35. The summed E-state index contributed by atoms with van der Waals surface area (Å²) >= 11 is 0. The number of piperidine rings is 1. The van der Waals surface area contributed by atoms with Gasteiger partial charge in [-0.05, 0) is 51.2 Å². The highest BCUT2D eigenvalue weighted by Crippen LogP contribution is 2.38. The zero-order chi connectivity index (χ0) is 10.6. The van der Waals surface area contributed by atoms with Crippen LogP contribution in [0.25, 0.3) is 0 Å². The van der Waals surface area contributed by atoms with Gasteiger partial charge in [-0.2, -0.15) is 0 Å². The molecule has 2 fully saturated rings. The van der Waals surface area contributed by atoms with Crippen molar-refractivity contribution in [3.8, 4) is 0 Å². The molecule has 0 aliphatic carbocycles. The average molecular weight is 212 g/mol. The topological polar surface area (TPSA) is 24.5 Å². The molecule has 0 unspecified atom stereocenters. The van der Waals surface area contributed by atoms with E-state index in [1.54, 1.807) is 0 Å². The van der Waals surface area contributed by atoms with Gasteiger partial charge in [0.25, 0.3) is 0 Å². The lowest BCUT2D eigenvalue weighted by atomic mass is 9.78. The van der Waals surface area contributed by atoms with Crippen molar-refractivity contribution < 1.29 is 4.74 Å². The molecule has 0 saturated carbocycles. The van der Waals surface area contributed by atoms with E-state index in [0.717, 1.165) is 19.8 Å². The highest BCUT2D eigenvalue weighted by Gasteiger charge is 2.38. The molecule has 1 spiro atoms. The fourth-order valence-corrected chi connectivity index (χ4v) is 2.92. The summed E-state index contributed by atoms with van der Waals surface area (Å²) in [5.74, 6) is 0. The van der Waals surface area contributed by atoms with Gasteiger partial charge in [-0.3, -0.25) is 0 Å². The number of nitrogens with one attached hydrogen (secondary N) is 1. The van der Waals surface area contributed by atoms with Crippen LogP contribution in [-0.4, -0.2) is 50.8 Å². The maximum atomic E-state index is 5.42. The van der Waals surface area contributed by atoms with Crippen molar-refractivity contribution in [1.29, 1.82) is 0 Å². The normalized spacial score (nSPS) is 26.2. The fourth-order valence-electron chi connectivity index (χ4n) is 2.92. The van der Waals surface area contributed by atoms with Crippen molar-refractivity contribution >= 4 is 0 Å². The first-order valence-corrected chi connectivity index (χ1v) is 6.35. The van der Waals surface area contributed by atoms with E-state index >= 15 is 0 Å². The van der Waals surface area contributed by atoms with E-state index in [1.807, 2.05) is 0 Å². The quantitative estimate of drug-likeness (QED) is 0.706. The van der Waals surface area contributed by atoms with Crippen LogP contribution in [0.1, 0.15) is 26.2 Å². The van der Waals surface area contributed by atoms with E-state index < -0.39 is 0 Å². The summed E-state index contributed by atoms with van der Waals surface area (Å²) < 4.78 is 5.42. The van der Waals surface area contributed by atoms with Gasteiger partial charge in [0.15, 0.2) is 0 Å². The Kier molecular flexibility index (Phi) is 4.00. The van der Waals surface area contributed by atoms with Crippen molar-refractivity contribution in [3.63, 3.8) is 0 Å². The van der Waals surface area contributed by atoms with E-state index in [2.05, 4.69) is 17.1 Å². The predicted octanol–water partition coefficient (Wildman–Crippen LogP) is 1.10. The van der Waals surface area contributed by atoms with Gasteiger partial charge in [-0.15, -0.1) is 0 Å². The zero-order valence-corrected chi connectivity index (χ0v) is 9.93. The lowest BCUT2D eigenvalue weighted by molar-refractivity contribution is 0.113. The van der Waals surface area contributed by atoms with Gasteiger partial charge < -0.3 is 15.0 Å². The van der Waals surface area contributed by atoms with Crippen molar-refractivity contribution in [2.24, 2.45) is 5.41 Å². The molecule has 2 saturated heterocycles. The molecule has 0 aromatic rings. The highest BCUT2D eigenvalue weighted by molar-refractivity contribution is 4.92. The summed E-state index contributed by atoms with van der Waals surface area (Å²) in [6.07, 6.45) is 4.15. The molecule has 0 radical (unpaired) electrons. The second-order valence-electron chi connectivity index (χ2n) is 4.97. The first-order chi connectivity index (χ1) is 7.35. The van der Waals surface area contributed by atoms with Crippen LogP contribution in [0.2, 0.25) is 0 Å². The Morgan fingerprint density at radius 3 is 2.80 bits per heavy atom. The van der Waals surface area contributed by atoms with Gasteiger partial charge in [0, 0.05) is 19.7 Å². The Hall–Kier alpha value is -0.120. The van der Waals surface area contributed by atoms with Crippen LogP contribution in [-0.2, 0) is 4.74 Å². The van der Waals surface area contributed by atoms with Crippen LogP contribution in [0.4, 0.5) is 0 Å². The van der Waals surface area contributed by atoms with E-state index in [1.165, 1.54) is 45.4 Å². The molecule has 2 rings (SSSR count). The number of rotatable bonds is 4. The summed E-state index contributed by atoms with van der Waals surface area (Å²) in [6, 6.07) is 0. The molecule has 0 aromatic heterocycles. The molecule has 3 heteroatoms. The van der Waals surface area contributed by atoms with Gasteiger partial charge in [-0.1, -0.05) is 0 Å². The molecule has 0 bridgehead atoms. The van der Waals surface area contributed by atoms with Crippen molar-refractivity contribution in [2.75, 3.05) is 45.9 Å². The number of nitrogens with zero attached hydrogens (tertiary/aromatic N) is 1. The summed E-state index contributed by atoms with van der Waals surface area (Å²) in [5, 5.41) is 3.46. The first kappa shape index (κ1) is 11.4. The van der Waals surface area contributed by atoms with Crippen LogP contribution < -0.4 is 5.32 Å². The van der Waals surface area contributed by atoms with Gasteiger partial charge in [-0.25, -0.2) is 0 Å². The molecule has 1 N–H and O–H groups in total.